The van der Waals surface area contributed by atoms with Crippen LogP contribution in [0.25, 0.3) is 11.1 Å². The third-order valence-corrected chi connectivity index (χ3v) is 4.03. The molecular formula is C17H17N3O. The van der Waals surface area contributed by atoms with E-state index in [0.717, 1.165) is 43.1 Å². The van der Waals surface area contributed by atoms with Crippen LogP contribution in [0.15, 0.2) is 47.6 Å². The summed E-state index contributed by atoms with van der Waals surface area (Å²) in [5.41, 5.74) is 4.65. The zero-order chi connectivity index (χ0) is 14.1. The maximum atomic E-state index is 5.59. The van der Waals surface area contributed by atoms with Gasteiger partial charge in [0, 0.05) is 37.4 Å². The van der Waals surface area contributed by atoms with Gasteiger partial charge >= 0.3 is 0 Å². The van der Waals surface area contributed by atoms with Gasteiger partial charge in [-0.2, -0.15) is 0 Å². The third kappa shape index (κ3) is 2.17. The Morgan fingerprint density at radius 1 is 1.00 bits per heavy atom. The number of nitrogens with one attached hydrogen (secondary N) is 1. The smallest absolute Gasteiger partial charge is 0.167 e. The van der Waals surface area contributed by atoms with Gasteiger partial charge < -0.3 is 15.1 Å². The average Bonchev–Trinajstić information content (AvgIpc) is 2.75. The number of piperazine rings is 1. The van der Waals surface area contributed by atoms with Crippen molar-refractivity contribution >= 4 is 11.9 Å². The fraction of sp³-hybridized carbons (Fsp3) is 0.235. The highest BCUT2D eigenvalue weighted by molar-refractivity contribution is 5.96. The zero-order valence-electron chi connectivity index (χ0n) is 11.7. The second kappa shape index (κ2) is 5.22. The number of nitrogens with zero attached hydrogens (tertiary/aromatic N) is 2. The number of rotatable bonds is 1. The molecule has 1 saturated heterocycles. The monoisotopic (exact) mass is 279 g/mol. The van der Waals surface area contributed by atoms with Crippen molar-refractivity contribution in [3.05, 3.63) is 48.0 Å². The van der Waals surface area contributed by atoms with Crippen molar-refractivity contribution in [1.29, 1.82) is 0 Å². The summed E-state index contributed by atoms with van der Waals surface area (Å²) in [6.45, 7) is 4.06. The molecule has 0 aromatic heterocycles. The summed E-state index contributed by atoms with van der Waals surface area (Å²) in [5, 5.41) is 7.48. The minimum absolute atomic E-state index is 0.826. The second-order valence-electron chi connectivity index (χ2n) is 5.30. The van der Waals surface area contributed by atoms with E-state index in [-0.39, 0.29) is 0 Å². The Morgan fingerprint density at radius 3 is 2.76 bits per heavy atom. The number of oxime groups is 1. The van der Waals surface area contributed by atoms with E-state index in [4.69, 9.17) is 4.84 Å². The first-order valence-corrected chi connectivity index (χ1v) is 7.32. The van der Waals surface area contributed by atoms with Crippen LogP contribution in [0.5, 0.6) is 5.75 Å². The van der Waals surface area contributed by atoms with E-state index in [9.17, 15) is 0 Å². The molecule has 0 spiro atoms. The molecule has 0 bridgehead atoms. The fourth-order valence-corrected chi connectivity index (χ4v) is 3.01. The number of hydrogen-bond donors (Lipinski definition) is 1. The Bertz CT molecular complexity index is 690. The average molecular weight is 279 g/mol. The molecule has 2 heterocycles. The highest BCUT2D eigenvalue weighted by atomic mass is 16.6. The molecule has 0 aliphatic carbocycles. The predicted molar refractivity (Wildman–Crippen MR) is 85.2 cm³/mol. The van der Waals surface area contributed by atoms with E-state index in [2.05, 4.69) is 39.6 Å². The molecule has 1 N–H and O–H groups in total. The van der Waals surface area contributed by atoms with E-state index in [0.29, 0.717) is 0 Å². The maximum Gasteiger partial charge on any atom is 0.167 e. The highest BCUT2D eigenvalue weighted by Crippen LogP contribution is 2.41. The van der Waals surface area contributed by atoms with Crippen LogP contribution in [0.1, 0.15) is 5.56 Å². The van der Waals surface area contributed by atoms with E-state index >= 15 is 0 Å². The molecule has 0 radical (unpaired) electrons. The van der Waals surface area contributed by atoms with Gasteiger partial charge in [0.25, 0.3) is 0 Å². The maximum absolute atomic E-state index is 5.59. The Labute approximate surface area is 124 Å². The van der Waals surface area contributed by atoms with Gasteiger partial charge in [0.15, 0.2) is 5.75 Å². The zero-order valence-corrected chi connectivity index (χ0v) is 11.7. The van der Waals surface area contributed by atoms with Gasteiger partial charge in [-0.15, -0.1) is 0 Å². The molecule has 2 aliphatic rings. The topological polar surface area (TPSA) is 36.9 Å². The van der Waals surface area contributed by atoms with Crippen molar-refractivity contribution in [2.24, 2.45) is 5.16 Å². The fourth-order valence-electron chi connectivity index (χ4n) is 3.01. The molecule has 4 heteroatoms. The van der Waals surface area contributed by atoms with Crippen LogP contribution >= 0.6 is 0 Å². The lowest BCUT2D eigenvalue weighted by atomic mass is 9.97. The van der Waals surface area contributed by atoms with Gasteiger partial charge in [-0.05, 0) is 17.7 Å². The van der Waals surface area contributed by atoms with Crippen molar-refractivity contribution < 1.29 is 4.84 Å². The third-order valence-electron chi connectivity index (χ3n) is 4.03. The standard InChI is InChI=1S/C17H17N3O/c1-2-5-14-13(4-1)12-19-21-16-7-3-6-15(17(14)16)20-10-8-18-9-11-20/h1-7,12,18H,8-11H2. The van der Waals surface area contributed by atoms with Crippen LogP contribution in [0.3, 0.4) is 0 Å². The first-order chi connectivity index (χ1) is 10.4. The highest BCUT2D eigenvalue weighted by Gasteiger charge is 2.21. The van der Waals surface area contributed by atoms with Crippen LogP contribution in [0.2, 0.25) is 0 Å². The minimum atomic E-state index is 0.826. The van der Waals surface area contributed by atoms with Crippen molar-refractivity contribution in [1.82, 2.24) is 5.32 Å². The van der Waals surface area contributed by atoms with Gasteiger partial charge in [0.2, 0.25) is 0 Å². The molecule has 106 valence electrons. The SMILES string of the molecule is C1=NOc2cccc(N3CCNCC3)c2-c2ccccc21. The van der Waals surface area contributed by atoms with Gasteiger partial charge in [-0.1, -0.05) is 35.5 Å². The molecular weight excluding hydrogens is 262 g/mol. The van der Waals surface area contributed by atoms with Gasteiger partial charge in [0.05, 0.1) is 11.8 Å². The van der Waals surface area contributed by atoms with E-state index in [1.54, 1.807) is 6.21 Å². The molecule has 1 fully saturated rings. The van der Waals surface area contributed by atoms with E-state index in [1.165, 1.54) is 11.3 Å². The lowest BCUT2D eigenvalue weighted by Gasteiger charge is -2.31. The molecule has 21 heavy (non-hydrogen) atoms. The molecule has 2 aliphatic heterocycles. The Hall–Kier alpha value is -2.33. The lowest BCUT2D eigenvalue weighted by Crippen LogP contribution is -2.43. The van der Waals surface area contributed by atoms with Crippen LogP contribution in [0, 0.1) is 0 Å². The molecule has 4 rings (SSSR count). The molecule has 0 atom stereocenters. The summed E-state index contributed by atoms with van der Waals surface area (Å²) in [7, 11) is 0. The van der Waals surface area contributed by atoms with Crippen molar-refractivity contribution in [3.63, 3.8) is 0 Å². The molecule has 2 aromatic carbocycles. The molecule has 4 nitrogen and oxygen atoms in total. The minimum Gasteiger partial charge on any atom is -0.368 e. The molecule has 0 saturated carbocycles. The summed E-state index contributed by atoms with van der Waals surface area (Å²) in [6.07, 6.45) is 1.79. The van der Waals surface area contributed by atoms with Crippen molar-refractivity contribution in [2.45, 2.75) is 0 Å². The van der Waals surface area contributed by atoms with Gasteiger partial charge in [-0.3, -0.25) is 0 Å². The van der Waals surface area contributed by atoms with E-state index in [1.807, 2.05) is 18.2 Å². The first-order valence-electron chi connectivity index (χ1n) is 7.32. The van der Waals surface area contributed by atoms with Gasteiger partial charge in [-0.25, -0.2) is 0 Å². The van der Waals surface area contributed by atoms with Crippen LogP contribution in [-0.2, 0) is 0 Å². The number of anilines is 1. The number of benzene rings is 2. The van der Waals surface area contributed by atoms with Crippen LogP contribution < -0.4 is 15.1 Å². The van der Waals surface area contributed by atoms with E-state index < -0.39 is 0 Å². The quantitative estimate of drug-likeness (QED) is 0.871. The molecule has 0 amide bonds. The normalized spacial score (nSPS) is 16.7. The molecule has 2 aromatic rings. The van der Waals surface area contributed by atoms with Crippen LogP contribution in [-0.4, -0.2) is 32.4 Å². The van der Waals surface area contributed by atoms with Crippen LogP contribution in [0.4, 0.5) is 5.69 Å². The Morgan fingerprint density at radius 2 is 1.86 bits per heavy atom. The number of hydrogen-bond acceptors (Lipinski definition) is 4. The Kier molecular flexibility index (Phi) is 3.09. The first kappa shape index (κ1) is 12.4. The number of fused-ring (bicyclic) bond motifs is 3. The van der Waals surface area contributed by atoms with Crippen molar-refractivity contribution in [2.75, 3.05) is 31.1 Å². The summed E-state index contributed by atoms with van der Waals surface area (Å²) in [5.74, 6) is 0.826. The second-order valence-corrected chi connectivity index (χ2v) is 5.30. The van der Waals surface area contributed by atoms with Crippen molar-refractivity contribution in [3.8, 4) is 16.9 Å². The predicted octanol–water partition coefficient (Wildman–Crippen LogP) is 2.49. The summed E-state index contributed by atoms with van der Waals surface area (Å²) < 4.78 is 0. The van der Waals surface area contributed by atoms with Gasteiger partial charge in [0.1, 0.15) is 0 Å². The summed E-state index contributed by atoms with van der Waals surface area (Å²) in [6, 6.07) is 14.5. The molecule has 0 unspecified atom stereocenters. The largest absolute Gasteiger partial charge is 0.368 e. The summed E-state index contributed by atoms with van der Waals surface area (Å²) in [4.78, 5) is 8.01. The lowest BCUT2D eigenvalue weighted by molar-refractivity contribution is 0.346. The summed E-state index contributed by atoms with van der Waals surface area (Å²) >= 11 is 0. The Balaban J connectivity index is 1.90.